The van der Waals surface area contributed by atoms with Crippen LogP contribution in [-0.2, 0) is 0 Å². The van der Waals surface area contributed by atoms with Gasteiger partial charge in [-0.1, -0.05) is 37.4 Å². The van der Waals surface area contributed by atoms with E-state index >= 15 is 0 Å². The fraction of sp³-hybridized carbons (Fsp3) is 0.0625. The summed E-state index contributed by atoms with van der Waals surface area (Å²) < 4.78 is 1.67. The van der Waals surface area contributed by atoms with Gasteiger partial charge in [-0.05, 0) is 36.8 Å². The second kappa shape index (κ2) is 4.88. The van der Waals surface area contributed by atoms with Gasteiger partial charge < -0.3 is 0 Å². The van der Waals surface area contributed by atoms with Gasteiger partial charge in [-0.2, -0.15) is 0 Å². The molecule has 1 heterocycles. The monoisotopic (exact) mass is 237 g/mol. The Labute approximate surface area is 107 Å². The minimum Gasteiger partial charge on any atom is -0.280 e. The van der Waals surface area contributed by atoms with E-state index in [2.05, 4.69) is 13.2 Å². The Morgan fingerprint density at radius 3 is 2.39 bits per heavy atom. The third-order valence-electron chi connectivity index (χ3n) is 2.89. The summed E-state index contributed by atoms with van der Waals surface area (Å²) >= 11 is 0. The summed E-state index contributed by atoms with van der Waals surface area (Å²) in [6, 6.07) is 11.2. The molecular formula is C16H15NO. The summed E-state index contributed by atoms with van der Waals surface area (Å²) in [6.45, 7) is 9.43. The van der Waals surface area contributed by atoms with Crippen molar-refractivity contribution in [3.8, 4) is 0 Å². The van der Waals surface area contributed by atoms with Crippen LogP contribution in [0.15, 0.2) is 49.6 Å². The Hall–Kier alpha value is -2.35. The predicted octanol–water partition coefficient (Wildman–Crippen LogP) is 3.77. The van der Waals surface area contributed by atoms with Gasteiger partial charge in [0, 0.05) is 11.3 Å². The maximum absolute atomic E-state index is 12.5. The Balaban J connectivity index is 2.58. The third kappa shape index (κ3) is 1.93. The molecule has 0 atom stereocenters. The minimum absolute atomic E-state index is 0.0453. The van der Waals surface area contributed by atoms with Gasteiger partial charge in [-0.15, -0.1) is 0 Å². The average Bonchev–Trinajstić information content (AvgIpc) is 2.74. The molecule has 2 aromatic rings. The van der Waals surface area contributed by atoms with Crippen molar-refractivity contribution in [1.82, 2.24) is 4.57 Å². The normalized spacial score (nSPS) is 10.1. The van der Waals surface area contributed by atoms with Crippen LogP contribution in [0.2, 0.25) is 0 Å². The largest absolute Gasteiger partial charge is 0.280 e. The van der Waals surface area contributed by atoms with Gasteiger partial charge in [0.05, 0.1) is 5.69 Å². The molecule has 0 radical (unpaired) electrons. The molecule has 0 saturated carbocycles. The highest BCUT2D eigenvalue weighted by molar-refractivity contribution is 5.98. The molecule has 2 nitrogen and oxygen atoms in total. The quantitative estimate of drug-likeness (QED) is 0.796. The molecule has 0 saturated heterocycles. The van der Waals surface area contributed by atoms with Crippen LogP contribution < -0.4 is 0 Å². The molecule has 18 heavy (non-hydrogen) atoms. The van der Waals surface area contributed by atoms with Crippen molar-refractivity contribution in [2.45, 2.75) is 6.92 Å². The lowest BCUT2D eigenvalue weighted by Crippen LogP contribution is -2.14. The fourth-order valence-corrected chi connectivity index (χ4v) is 2.03. The van der Waals surface area contributed by atoms with Crippen LogP contribution in [0.1, 0.15) is 27.3 Å². The van der Waals surface area contributed by atoms with E-state index in [4.69, 9.17) is 0 Å². The molecule has 0 aliphatic rings. The van der Waals surface area contributed by atoms with Crippen molar-refractivity contribution in [2.75, 3.05) is 0 Å². The first-order valence-electron chi connectivity index (χ1n) is 5.76. The van der Waals surface area contributed by atoms with E-state index in [1.165, 1.54) is 0 Å². The Kier molecular flexibility index (Phi) is 3.28. The zero-order valence-electron chi connectivity index (χ0n) is 10.4. The molecule has 0 fully saturated rings. The zero-order valence-corrected chi connectivity index (χ0v) is 10.4. The average molecular weight is 237 g/mol. The van der Waals surface area contributed by atoms with Gasteiger partial charge in [0.1, 0.15) is 0 Å². The number of aromatic nitrogens is 1. The van der Waals surface area contributed by atoms with Gasteiger partial charge >= 0.3 is 0 Å². The van der Waals surface area contributed by atoms with Crippen molar-refractivity contribution in [3.63, 3.8) is 0 Å². The van der Waals surface area contributed by atoms with Crippen LogP contribution >= 0.6 is 0 Å². The number of benzene rings is 1. The lowest BCUT2D eigenvalue weighted by atomic mass is 10.2. The molecule has 0 bridgehead atoms. The van der Waals surface area contributed by atoms with E-state index in [1.807, 2.05) is 43.3 Å². The highest BCUT2D eigenvalue weighted by Crippen LogP contribution is 2.20. The van der Waals surface area contributed by atoms with Gasteiger partial charge in [0.2, 0.25) is 0 Å². The van der Waals surface area contributed by atoms with Crippen molar-refractivity contribution in [1.29, 1.82) is 0 Å². The standard InChI is InChI=1S/C16H15NO/c1-4-13-11-12(3)17(15(13)5-2)16(18)14-9-7-6-8-10-14/h4-11H,1-2H2,3H3. The molecule has 2 heteroatoms. The van der Waals surface area contributed by atoms with Crippen LogP contribution in [0.4, 0.5) is 0 Å². The fourth-order valence-electron chi connectivity index (χ4n) is 2.03. The van der Waals surface area contributed by atoms with Crippen molar-refractivity contribution >= 4 is 18.1 Å². The lowest BCUT2D eigenvalue weighted by molar-refractivity contribution is 0.0957. The third-order valence-corrected chi connectivity index (χ3v) is 2.89. The molecule has 0 spiro atoms. The SMILES string of the molecule is C=Cc1cc(C)n(C(=O)c2ccccc2)c1C=C. The van der Waals surface area contributed by atoms with Crippen LogP contribution in [-0.4, -0.2) is 10.5 Å². The molecular weight excluding hydrogens is 222 g/mol. The first kappa shape index (κ1) is 12.1. The number of hydrogen-bond acceptors (Lipinski definition) is 1. The van der Waals surface area contributed by atoms with Crippen molar-refractivity contribution < 1.29 is 4.79 Å². The topological polar surface area (TPSA) is 22.0 Å². The maximum atomic E-state index is 12.5. The highest BCUT2D eigenvalue weighted by atomic mass is 16.2. The lowest BCUT2D eigenvalue weighted by Gasteiger charge is -2.08. The summed E-state index contributed by atoms with van der Waals surface area (Å²) in [6.07, 6.45) is 3.42. The molecule has 0 amide bonds. The van der Waals surface area contributed by atoms with E-state index in [9.17, 15) is 4.79 Å². The number of aryl methyl sites for hydroxylation is 1. The molecule has 90 valence electrons. The Morgan fingerprint density at radius 2 is 1.83 bits per heavy atom. The van der Waals surface area contributed by atoms with Crippen LogP contribution in [0.3, 0.4) is 0 Å². The van der Waals surface area contributed by atoms with Gasteiger partial charge in [0.25, 0.3) is 5.91 Å². The Morgan fingerprint density at radius 1 is 1.17 bits per heavy atom. The Bertz CT molecular complexity index is 606. The summed E-state index contributed by atoms with van der Waals surface area (Å²) in [5.74, 6) is -0.0453. The molecule has 2 rings (SSSR count). The van der Waals surface area contributed by atoms with Gasteiger partial charge in [0.15, 0.2) is 0 Å². The van der Waals surface area contributed by atoms with E-state index in [-0.39, 0.29) is 5.91 Å². The van der Waals surface area contributed by atoms with Crippen LogP contribution in [0.25, 0.3) is 12.2 Å². The highest BCUT2D eigenvalue weighted by Gasteiger charge is 2.15. The van der Waals surface area contributed by atoms with Crippen LogP contribution in [0.5, 0.6) is 0 Å². The minimum atomic E-state index is -0.0453. The molecule has 0 N–H and O–H groups in total. The van der Waals surface area contributed by atoms with E-state index in [0.29, 0.717) is 5.56 Å². The molecule has 0 aliphatic carbocycles. The van der Waals surface area contributed by atoms with E-state index in [0.717, 1.165) is 17.0 Å². The van der Waals surface area contributed by atoms with Crippen LogP contribution in [0, 0.1) is 6.92 Å². The number of hydrogen-bond donors (Lipinski definition) is 0. The summed E-state index contributed by atoms with van der Waals surface area (Å²) in [7, 11) is 0. The molecule has 0 aliphatic heterocycles. The molecule has 0 unspecified atom stereocenters. The zero-order chi connectivity index (χ0) is 13.1. The summed E-state index contributed by atoms with van der Waals surface area (Å²) in [4.78, 5) is 12.5. The predicted molar refractivity (Wildman–Crippen MR) is 75.5 cm³/mol. The number of rotatable bonds is 3. The number of carbonyl (C=O) groups is 1. The van der Waals surface area contributed by atoms with Gasteiger partial charge in [-0.25, -0.2) is 0 Å². The van der Waals surface area contributed by atoms with Gasteiger partial charge in [-0.3, -0.25) is 9.36 Å². The van der Waals surface area contributed by atoms with Crippen molar-refractivity contribution in [2.24, 2.45) is 0 Å². The number of nitrogens with zero attached hydrogens (tertiary/aromatic N) is 1. The maximum Gasteiger partial charge on any atom is 0.262 e. The first-order valence-corrected chi connectivity index (χ1v) is 5.76. The number of carbonyl (C=O) groups excluding carboxylic acids is 1. The second-order valence-corrected chi connectivity index (χ2v) is 4.04. The van der Waals surface area contributed by atoms with E-state index in [1.54, 1.807) is 16.7 Å². The van der Waals surface area contributed by atoms with Crippen molar-refractivity contribution in [3.05, 3.63) is 72.1 Å². The smallest absolute Gasteiger partial charge is 0.262 e. The second-order valence-electron chi connectivity index (χ2n) is 4.04. The summed E-state index contributed by atoms with van der Waals surface area (Å²) in [5, 5.41) is 0. The molecule has 1 aromatic carbocycles. The first-order chi connectivity index (χ1) is 8.69. The summed E-state index contributed by atoms with van der Waals surface area (Å²) in [5.41, 5.74) is 3.26. The molecule has 1 aromatic heterocycles. The van der Waals surface area contributed by atoms with E-state index < -0.39 is 0 Å².